The molecule has 2 fully saturated rings. The minimum Gasteiger partial charge on any atom is -0.198 e. The van der Waals surface area contributed by atoms with Gasteiger partial charge < -0.3 is 0 Å². The first kappa shape index (κ1) is 6.22. The molecule has 0 heterocycles. The van der Waals surface area contributed by atoms with Crippen LogP contribution in [0.2, 0.25) is 0 Å². The molecule has 0 spiro atoms. The van der Waals surface area contributed by atoms with Gasteiger partial charge >= 0.3 is 0 Å². The second-order valence-electron chi connectivity index (χ2n) is 3.75. The number of nitrogens with zero attached hydrogens (tertiary/aromatic N) is 1. The summed E-state index contributed by atoms with van der Waals surface area (Å²) in [5.74, 6) is 2.19. The summed E-state index contributed by atoms with van der Waals surface area (Å²) in [7, 11) is 0. The monoisotopic (exact) mass is 135 g/mol. The molecule has 54 valence electrons. The zero-order chi connectivity index (χ0) is 6.97. The molecule has 1 heteroatoms. The smallest absolute Gasteiger partial charge is 0.0658 e. The van der Waals surface area contributed by atoms with Gasteiger partial charge in [0.15, 0.2) is 0 Å². The Balaban J connectivity index is 2.08. The third-order valence-electron chi connectivity index (χ3n) is 3.20. The maximum Gasteiger partial charge on any atom is 0.0658 e. The van der Waals surface area contributed by atoms with Gasteiger partial charge in [-0.2, -0.15) is 5.26 Å². The Morgan fingerprint density at radius 1 is 1.10 bits per heavy atom. The molecule has 1 nitrogen and oxygen atoms in total. The van der Waals surface area contributed by atoms with Crippen LogP contribution < -0.4 is 0 Å². The van der Waals surface area contributed by atoms with Crippen LogP contribution in [-0.4, -0.2) is 0 Å². The van der Waals surface area contributed by atoms with Gasteiger partial charge in [0.05, 0.1) is 6.07 Å². The van der Waals surface area contributed by atoms with Crippen LogP contribution in [-0.2, 0) is 0 Å². The topological polar surface area (TPSA) is 23.8 Å². The van der Waals surface area contributed by atoms with Gasteiger partial charge in [0, 0.05) is 5.92 Å². The van der Waals surface area contributed by atoms with Gasteiger partial charge in [-0.1, -0.05) is 6.42 Å². The lowest BCUT2D eigenvalue weighted by atomic mass is 9.81. The molecule has 0 radical (unpaired) electrons. The zero-order valence-electron chi connectivity index (χ0n) is 6.21. The van der Waals surface area contributed by atoms with E-state index in [1.165, 1.54) is 32.1 Å². The lowest BCUT2D eigenvalue weighted by molar-refractivity contribution is 0.298. The van der Waals surface area contributed by atoms with Crippen LogP contribution in [0.25, 0.3) is 0 Å². The van der Waals surface area contributed by atoms with Gasteiger partial charge in [-0.3, -0.25) is 0 Å². The Morgan fingerprint density at radius 3 is 2.70 bits per heavy atom. The molecule has 2 rings (SSSR count). The summed E-state index contributed by atoms with van der Waals surface area (Å²) in [5, 5.41) is 8.76. The number of hydrogen-bond donors (Lipinski definition) is 0. The standard InChI is InChI=1S/C9H13N/c10-6-9-4-2-7-1-3-8(9)5-7/h7-9H,1-5H2. The predicted molar refractivity (Wildman–Crippen MR) is 39.2 cm³/mol. The summed E-state index contributed by atoms with van der Waals surface area (Å²) in [6.07, 6.45) is 6.62. The van der Waals surface area contributed by atoms with Crippen molar-refractivity contribution in [3.05, 3.63) is 0 Å². The van der Waals surface area contributed by atoms with E-state index in [2.05, 4.69) is 6.07 Å². The zero-order valence-corrected chi connectivity index (χ0v) is 6.21. The maximum atomic E-state index is 8.76. The van der Waals surface area contributed by atoms with E-state index < -0.39 is 0 Å². The minimum atomic E-state index is 0.416. The molecular formula is C9H13N. The van der Waals surface area contributed by atoms with Crippen LogP contribution in [0.3, 0.4) is 0 Å². The summed E-state index contributed by atoms with van der Waals surface area (Å²) in [6, 6.07) is 2.43. The first-order valence-corrected chi connectivity index (χ1v) is 4.30. The van der Waals surface area contributed by atoms with Crippen molar-refractivity contribution in [2.45, 2.75) is 32.1 Å². The largest absolute Gasteiger partial charge is 0.198 e. The Hall–Kier alpha value is -0.510. The molecule has 2 saturated carbocycles. The van der Waals surface area contributed by atoms with E-state index in [0.717, 1.165) is 11.8 Å². The van der Waals surface area contributed by atoms with E-state index in [4.69, 9.17) is 5.26 Å². The maximum absolute atomic E-state index is 8.76. The van der Waals surface area contributed by atoms with Crippen molar-refractivity contribution in [1.29, 1.82) is 5.26 Å². The van der Waals surface area contributed by atoms with E-state index in [1.54, 1.807) is 0 Å². The minimum absolute atomic E-state index is 0.416. The number of fused-ring (bicyclic) bond motifs is 2. The number of hydrogen-bond acceptors (Lipinski definition) is 1. The molecule has 0 aromatic rings. The van der Waals surface area contributed by atoms with Gasteiger partial charge in [-0.15, -0.1) is 0 Å². The second kappa shape index (κ2) is 2.27. The first-order chi connectivity index (χ1) is 4.90. The highest BCUT2D eigenvalue weighted by atomic mass is 14.4. The fourth-order valence-electron chi connectivity index (χ4n) is 2.56. The van der Waals surface area contributed by atoms with Crippen LogP contribution >= 0.6 is 0 Å². The molecule has 2 aliphatic rings. The quantitative estimate of drug-likeness (QED) is 0.500. The molecule has 0 amide bonds. The predicted octanol–water partition coefficient (Wildman–Crippen LogP) is 2.34. The van der Waals surface area contributed by atoms with Gasteiger partial charge in [-0.25, -0.2) is 0 Å². The Labute approximate surface area is 62.0 Å². The lowest BCUT2D eigenvalue weighted by Crippen LogP contribution is -2.15. The molecule has 0 N–H and O–H groups in total. The van der Waals surface area contributed by atoms with Gasteiger partial charge in [-0.05, 0) is 37.5 Å². The summed E-state index contributed by atoms with van der Waals surface area (Å²) < 4.78 is 0. The molecule has 0 saturated heterocycles. The third-order valence-corrected chi connectivity index (χ3v) is 3.20. The summed E-state index contributed by atoms with van der Waals surface area (Å²) >= 11 is 0. The van der Waals surface area contributed by atoms with E-state index in [-0.39, 0.29) is 0 Å². The molecule has 0 aliphatic heterocycles. The van der Waals surface area contributed by atoms with E-state index in [0.29, 0.717) is 5.92 Å². The van der Waals surface area contributed by atoms with Crippen molar-refractivity contribution in [2.75, 3.05) is 0 Å². The third kappa shape index (κ3) is 0.831. The molecule has 0 aromatic carbocycles. The van der Waals surface area contributed by atoms with E-state index in [9.17, 15) is 0 Å². The summed E-state index contributed by atoms with van der Waals surface area (Å²) in [4.78, 5) is 0. The van der Waals surface area contributed by atoms with Crippen LogP contribution in [0, 0.1) is 29.1 Å². The van der Waals surface area contributed by atoms with Crippen molar-refractivity contribution in [3.8, 4) is 6.07 Å². The van der Waals surface area contributed by atoms with Gasteiger partial charge in [0.2, 0.25) is 0 Å². The summed E-state index contributed by atoms with van der Waals surface area (Å²) in [6.45, 7) is 0. The van der Waals surface area contributed by atoms with Crippen molar-refractivity contribution in [3.63, 3.8) is 0 Å². The molecule has 3 unspecified atom stereocenters. The highest BCUT2D eigenvalue weighted by Crippen LogP contribution is 2.44. The molecule has 10 heavy (non-hydrogen) atoms. The average Bonchev–Trinajstić information content (AvgIpc) is 2.34. The highest BCUT2D eigenvalue weighted by molar-refractivity contribution is 4.96. The van der Waals surface area contributed by atoms with Crippen molar-refractivity contribution >= 4 is 0 Å². The lowest BCUT2D eigenvalue weighted by Gasteiger charge is -2.22. The van der Waals surface area contributed by atoms with Crippen LogP contribution in [0.5, 0.6) is 0 Å². The van der Waals surface area contributed by atoms with Crippen LogP contribution in [0.4, 0.5) is 0 Å². The first-order valence-electron chi connectivity index (χ1n) is 4.30. The normalized spacial score (nSPS) is 44.9. The molecule has 0 aromatic heterocycles. The Bertz CT molecular complexity index is 168. The van der Waals surface area contributed by atoms with Gasteiger partial charge in [0.25, 0.3) is 0 Å². The van der Waals surface area contributed by atoms with Crippen LogP contribution in [0.1, 0.15) is 32.1 Å². The van der Waals surface area contributed by atoms with Gasteiger partial charge in [0.1, 0.15) is 0 Å². The highest BCUT2D eigenvalue weighted by Gasteiger charge is 2.35. The fourth-order valence-corrected chi connectivity index (χ4v) is 2.56. The number of nitriles is 1. The van der Waals surface area contributed by atoms with E-state index >= 15 is 0 Å². The molecule has 2 aliphatic carbocycles. The van der Waals surface area contributed by atoms with Crippen molar-refractivity contribution in [2.24, 2.45) is 17.8 Å². The second-order valence-corrected chi connectivity index (χ2v) is 3.75. The van der Waals surface area contributed by atoms with E-state index in [1.807, 2.05) is 0 Å². The van der Waals surface area contributed by atoms with Crippen LogP contribution in [0.15, 0.2) is 0 Å². The molecule has 2 bridgehead atoms. The molecular weight excluding hydrogens is 122 g/mol. The van der Waals surface area contributed by atoms with Crippen molar-refractivity contribution < 1.29 is 0 Å². The molecule has 3 atom stereocenters. The number of rotatable bonds is 0. The Kier molecular flexibility index (Phi) is 1.41. The fraction of sp³-hybridized carbons (Fsp3) is 0.889. The average molecular weight is 135 g/mol. The Morgan fingerprint density at radius 2 is 1.90 bits per heavy atom. The van der Waals surface area contributed by atoms with Crippen molar-refractivity contribution in [1.82, 2.24) is 0 Å². The SMILES string of the molecule is N#CC1CCC2CCC1C2. The summed E-state index contributed by atoms with van der Waals surface area (Å²) in [5.41, 5.74) is 0.